The molecule has 9 heterocycles. The molecule has 530 valence electrons. The number of aliphatic hydroxyl groups excluding tert-OH is 3. The molecule has 98 heavy (non-hydrogen) atoms. The second-order valence-corrected chi connectivity index (χ2v) is 29.0. The van der Waals surface area contributed by atoms with Crippen molar-refractivity contribution in [3.05, 3.63) is 103 Å². The van der Waals surface area contributed by atoms with Gasteiger partial charge >= 0.3 is 6.18 Å². The summed E-state index contributed by atoms with van der Waals surface area (Å²) in [6.07, 6.45) is 20.6. The molecule has 23 nitrogen and oxygen atoms in total. The number of Topliss-reactive ketones (excluding diaryl/α,β-unsaturated/α-hetero) is 1. The highest BCUT2D eigenvalue weighted by atomic mass is 19.4. The third-order valence-corrected chi connectivity index (χ3v) is 19.1. The number of aliphatic hydroxyl groups is 3. The number of methoxy groups -OCH3 is 2. The maximum atomic E-state index is 12.8. The van der Waals surface area contributed by atoms with Crippen molar-refractivity contribution in [2.75, 3.05) is 43.4 Å². The number of anilines is 3. The zero-order valence-corrected chi connectivity index (χ0v) is 58.9. The molecule has 26 heteroatoms. The van der Waals surface area contributed by atoms with E-state index < -0.39 is 18.6 Å². The number of rotatable bonds is 22. The van der Waals surface area contributed by atoms with Crippen molar-refractivity contribution in [1.29, 1.82) is 0 Å². The lowest BCUT2D eigenvalue weighted by molar-refractivity contribution is -0.136. The van der Waals surface area contributed by atoms with Crippen molar-refractivity contribution in [2.45, 2.75) is 238 Å². The molecule has 3 aliphatic carbocycles. The lowest BCUT2D eigenvalue weighted by atomic mass is 9.85. The molecule has 3 fully saturated rings. The summed E-state index contributed by atoms with van der Waals surface area (Å²) in [4.78, 5) is 29.7. The van der Waals surface area contributed by atoms with Gasteiger partial charge in [-0.25, -0.2) is 28.5 Å². The van der Waals surface area contributed by atoms with Crippen LogP contribution in [0.25, 0.3) is 49.9 Å². The predicted molar refractivity (Wildman–Crippen MR) is 374 cm³/mol. The second-order valence-electron chi connectivity index (χ2n) is 29.0. The van der Waals surface area contributed by atoms with E-state index in [0.717, 1.165) is 127 Å². The third kappa shape index (κ3) is 18.1. The summed E-state index contributed by atoms with van der Waals surface area (Å²) < 4.78 is 58.6. The molecule has 3 atom stereocenters. The van der Waals surface area contributed by atoms with Gasteiger partial charge in [-0.2, -0.15) is 23.4 Å². The van der Waals surface area contributed by atoms with Gasteiger partial charge < -0.3 is 40.7 Å². The Hall–Kier alpha value is -7.91. The predicted octanol–water partition coefficient (Wildman–Crippen LogP) is 13.5. The van der Waals surface area contributed by atoms with Crippen molar-refractivity contribution in [3.63, 3.8) is 0 Å². The molecule has 3 aliphatic rings. The minimum atomic E-state index is -4.29. The Morgan fingerprint density at radius 3 is 1.34 bits per heavy atom. The quantitative estimate of drug-likeness (QED) is 0.0344. The van der Waals surface area contributed by atoms with Crippen molar-refractivity contribution < 1.29 is 42.8 Å². The van der Waals surface area contributed by atoms with Crippen molar-refractivity contribution in [2.24, 2.45) is 5.41 Å². The first-order valence-corrected chi connectivity index (χ1v) is 34.8. The van der Waals surface area contributed by atoms with Gasteiger partial charge in [0.15, 0.2) is 5.78 Å². The van der Waals surface area contributed by atoms with E-state index >= 15 is 0 Å². The largest absolute Gasteiger partial charge is 0.393 e. The lowest BCUT2D eigenvalue weighted by Crippen LogP contribution is -2.25. The first kappa shape index (κ1) is 72.8. The molecule has 6 N–H and O–H groups in total. The highest BCUT2D eigenvalue weighted by molar-refractivity contribution is 5.94. The van der Waals surface area contributed by atoms with Gasteiger partial charge in [-0.15, -0.1) is 15.3 Å². The van der Waals surface area contributed by atoms with Crippen LogP contribution in [-0.4, -0.2) is 159 Å². The number of pyridine rings is 1. The molecular formula is C72H100F3N17O6. The number of halogens is 3. The Balaban J connectivity index is 0.000000159. The third-order valence-electron chi connectivity index (χ3n) is 19.1. The fourth-order valence-corrected chi connectivity index (χ4v) is 13.5. The topological polar surface area (TPSA) is 271 Å². The smallest absolute Gasteiger partial charge is 0.391 e. The lowest BCUT2D eigenvalue weighted by Gasteiger charge is -2.25. The van der Waals surface area contributed by atoms with E-state index in [1.54, 1.807) is 44.1 Å². The highest BCUT2D eigenvalue weighted by Crippen LogP contribution is 2.42. The van der Waals surface area contributed by atoms with Crippen LogP contribution in [0.4, 0.5) is 31.0 Å². The molecule has 0 bridgehead atoms. The molecule has 0 spiro atoms. The van der Waals surface area contributed by atoms with Gasteiger partial charge in [0.05, 0.1) is 91.0 Å². The molecule has 0 amide bonds. The summed E-state index contributed by atoms with van der Waals surface area (Å²) >= 11 is 0. The molecular weight excluding hydrogens is 1260 g/mol. The number of carbonyl (C=O) groups excluding carboxylic acids is 1. The van der Waals surface area contributed by atoms with Gasteiger partial charge in [-0.1, -0.05) is 40.7 Å². The number of nitrogens with zero attached hydrogens (tertiary/aromatic N) is 14. The van der Waals surface area contributed by atoms with Crippen LogP contribution in [-0.2, 0) is 21.6 Å². The number of carbonyl (C=O) groups is 1. The molecule has 12 rings (SSSR count). The minimum Gasteiger partial charge on any atom is -0.393 e. The Kier molecular flexibility index (Phi) is 23.4. The summed E-state index contributed by atoms with van der Waals surface area (Å²) in [6, 6.07) is 9.35. The zero-order valence-electron chi connectivity index (χ0n) is 58.9. The van der Waals surface area contributed by atoms with Gasteiger partial charge in [-0.05, 0) is 148 Å². The fourth-order valence-electron chi connectivity index (χ4n) is 13.5. The van der Waals surface area contributed by atoms with Gasteiger partial charge in [0, 0.05) is 132 Å². The van der Waals surface area contributed by atoms with Gasteiger partial charge in [0.25, 0.3) is 0 Å². The van der Waals surface area contributed by atoms with E-state index in [1.165, 1.54) is 18.3 Å². The van der Waals surface area contributed by atoms with Crippen LogP contribution in [0.3, 0.4) is 0 Å². The average molecular weight is 1360 g/mol. The molecule has 0 unspecified atom stereocenters. The minimum absolute atomic E-state index is 0.0400. The van der Waals surface area contributed by atoms with Crippen LogP contribution in [0.1, 0.15) is 211 Å². The van der Waals surface area contributed by atoms with E-state index in [0.29, 0.717) is 67.4 Å². The van der Waals surface area contributed by atoms with E-state index in [2.05, 4.69) is 117 Å². The standard InChI is InChI=1S/C24H28F3N5O2.2C24H36N6O2/c1-3-22(34)19-9-6-16(12-28-19)18-10-20(15-4-7-17(33)8-5-15)32-21(18)13-29-23(31-32)30-14(2)11-24(25,26)27;1-16(14-32-5)27-23-25-12-22-20(18-11-26-29(13-18)15-24(2,3)4)10-21(30(22)28-23)17-6-8-19(31)9-7-17;1-6-24(3,4)29-14-18(12-26-29)20-11-21(17-7-9-19(31)10-8-17)30-22(20)13-25-23(28-30)27-16(2)15-32-5/h6,9-10,12-15,17,33H,3-5,7-8,11H2,1-2H3,(H,30,31);10-13,16-17,19,31H,6-9,14-15H2,1-5H3,(H,27,28);11-14,16-17,19,31H,6-10,15H2,1-5H3,(H,27,28)/t14-,15?,17?;2*16-,17?,19?/m000/s1. The number of ether oxygens (including phenoxy) is 2. The van der Waals surface area contributed by atoms with Crippen LogP contribution in [0.2, 0.25) is 0 Å². The number of ketones is 1. The van der Waals surface area contributed by atoms with E-state index in [1.807, 2.05) is 69.2 Å². The molecule has 0 radical (unpaired) electrons. The number of hydrogen-bond acceptors (Lipinski definition) is 18. The van der Waals surface area contributed by atoms with Crippen LogP contribution in [0, 0.1) is 5.41 Å². The summed E-state index contributed by atoms with van der Waals surface area (Å²) in [6.45, 7) is 22.5. The number of nitrogens with one attached hydrogen (secondary N) is 3. The summed E-state index contributed by atoms with van der Waals surface area (Å²) in [5.41, 5.74) is 12.4. The fraction of sp³-hybridized carbons (Fsp3) is 0.583. The monoisotopic (exact) mass is 1360 g/mol. The molecule has 3 saturated carbocycles. The Morgan fingerprint density at radius 1 is 0.551 bits per heavy atom. The second kappa shape index (κ2) is 31.5. The molecule has 9 aromatic rings. The van der Waals surface area contributed by atoms with Gasteiger partial charge in [0.2, 0.25) is 17.8 Å². The molecule has 0 aliphatic heterocycles. The van der Waals surface area contributed by atoms with E-state index in [9.17, 15) is 33.3 Å². The Labute approximate surface area is 571 Å². The zero-order chi connectivity index (χ0) is 70.2. The number of aromatic nitrogens is 14. The Bertz CT molecular complexity index is 4070. The SMILES string of the molecule is CCC(=O)c1ccc(-c2cc(C3CCC(O)CC3)n3nc(N[C@@H](C)CC(F)(F)F)ncc23)cn1.CCC(C)(C)n1cc(-c2cc(C3CCC(O)CC3)n3nc(N[C@@H](C)COC)ncc23)cn1.COC[C@H](C)Nc1ncc2c(-c3cnn(CC(C)(C)C)c3)cc(C3CCC(O)CC3)n2n1. The van der Waals surface area contributed by atoms with Crippen molar-refractivity contribution in [3.8, 4) is 33.4 Å². The normalized spacial score (nSPS) is 20.3. The first-order chi connectivity index (χ1) is 46.7. The van der Waals surface area contributed by atoms with E-state index in [4.69, 9.17) is 19.7 Å². The molecule has 0 saturated heterocycles. The van der Waals surface area contributed by atoms with E-state index in [-0.39, 0.29) is 59.0 Å². The van der Waals surface area contributed by atoms with Gasteiger partial charge in [-0.3, -0.25) is 19.1 Å². The Morgan fingerprint density at radius 2 is 0.959 bits per heavy atom. The van der Waals surface area contributed by atoms with Crippen molar-refractivity contribution >= 4 is 40.2 Å². The average Bonchev–Trinajstić information content (AvgIpc) is 1.63. The first-order valence-electron chi connectivity index (χ1n) is 34.8. The molecule has 9 aromatic heterocycles. The maximum Gasteiger partial charge on any atom is 0.391 e. The summed E-state index contributed by atoms with van der Waals surface area (Å²) in [5, 5.41) is 62.8. The highest BCUT2D eigenvalue weighted by Gasteiger charge is 2.33. The summed E-state index contributed by atoms with van der Waals surface area (Å²) in [7, 11) is 3.38. The van der Waals surface area contributed by atoms with Crippen LogP contribution < -0.4 is 16.0 Å². The number of fused-ring (bicyclic) bond motifs is 3. The maximum absolute atomic E-state index is 12.8. The number of hydrogen-bond donors (Lipinski definition) is 6. The van der Waals surface area contributed by atoms with Crippen LogP contribution >= 0.6 is 0 Å². The summed E-state index contributed by atoms with van der Waals surface area (Å²) in [5.74, 6) is 2.12. The van der Waals surface area contributed by atoms with Crippen molar-refractivity contribution in [1.82, 2.24) is 68.3 Å². The van der Waals surface area contributed by atoms with Gasteiger partial charge in [0.1, 0.15) is 5.69 Å². The molecule has 0 aromatic carbocycles. The van der Waals surface area contributed by atoms with Crippen LogP contribution in [0.15, 0.2) is 79.9 Å². The van der Waals surface area contributed by atoms with Crippen LogP contribution in [0.5, 0.6) is 0 Å². The number of alkyl halides is 3.